The smallest absolute Gasteiger partial charge is 0.261 e. The molecule has 1 fully saturated rings. The first kappa shape index (κ1) is 16.6. The third-order valence-corrected chi connectivity index (χ3v) is 3.52. The normalized spacial score (nSPS) is 19.1. The molecule has 0 bridgehead atoms. The molecule has 0 radical (unpaired) electrons. The van der Waals surface area contributed by atoms with Crippen molar-refractivity contribution >= 4 is 11.7 Å². The van der Waals surface area contributed by atoms with Crippen LogP contribution in [0.25, 0.3) is 0 Å². The topological polar surface area (TPSA) is 96.9 Å². The van der Waals surface area contributed by atoms with Crippen LogP contribution in [0.1, 0.15) is 32.1 Å². The van der Waals surface area contributed by atoms with Crippen molar-refractivity contribution in [2.45, 2.75) is 38.5 Å². The number of alkyl halides is 2. The maximum Gasteiger partial charge on any atom is 0.261 e. The highest BCUT2D eigenvalue weighted by molar-refractivity contribution is 6.06. The van der Waals surface area contributed by atoms with E-state index in [-0.39, 0.29) is 24.9 Å². The minimum atomic E-state index is -2.52. The van der Waals surface area contributed by atoms with Crippen molar-refractivity contribution in [1.29, 1.82) is 0 Å². The van der Waals surface area contributed by atoms with Gasteiger partial charge in [0.2, 0.25) is 5.91 Å². The van der Waals surface area contributed by atoms with Crippen LogP contribution in [-0.4, -0.2) is 43.1 Å². The minimum Gasteiger partial charge on any atom is -0.409 e. The van der Waals surface area contributed by atoms with Crippen LogP contribution in [0.2, 0.25) is 0 Å². The molecule has 1 rings (SSSR count). The zero-order chi connectivity index (χ0) is 15.0. The average Bonchev–Trinajstić information content (AvgIpc) is 2.46. The van der Waals surface area contributed by atoms with Crippen LogP contribution in [0.4, 0.5) is 8.78 Å². The number of hydrogen-bond donors (Lipinski definition) is 3. The summed E-state index contributed by atoms with van der Waals surface area (Å²) in [6.45, 7) is -0.532. The fourth-order valence-electron chi connectivity index (χ4n) is 2.43. The summed E-state index contributed by atoms with van der Waals surface area (Å²) >= 11 is 0. The van der Waals surface area contributed by atoms with Crippen LogP contribution in [0.15, 0.2) is 5.16 Å². The van der Waals surface area contributed by atoms with Gasteiger partial charge in [-0.05, 0) is 12.8 Å². The van der Waals surface area contributed by atoms with E-state index in [0.717, 1.165) is 19.3 Å². The van der Waals surface area contributed by atoms with E-state index in [9.17, 15) is 13.6 Å². The van der Waals surface area contributed by atoms with Crippen molar-refractivity contribution in [3.63, 3.8) is 0 Å². The summed E-state index contributed by atoms with van der Waals surface area (Å²) in [5.41, 5.74) is 4.67. The largest absolute Gasteiger partial charge is 0.409 e. The first-order valence-electron chi connectivity index (χ1n) is 6.65. The van der Waals surface area contributed by atoms with Crippen molar-refractivity contribution < 1.29 is 23.5 Å². The summed E-state index contributed by atoms with van der Waals surface area (Å²) in [6, 6.07) is 0. The Kier molecular flexibility index (Phi) is 6.63. The standard InChI is InChI=1S/C12H21F2N3O3/c13-9(14)8-20-7-6-16-11(18)12(10(15)17-19)4-2-1-3-5-12/h9,19H,1-8H2,(H2,15,17)(H,16,18). The van der Waals surface area contributed by atoms with Crippen molar-refractivity contribution in [3.05, 3.63) is 0 Å². The highest BCUT2D eigenvalue weighted by atomic mass is 19.3. The Hall–Kier alpha value is -1.44. The molecule has 0 aromatic heterocycles. The van der Waals surface area contributed by atoms with Crippen molar-refractivity contribution in [2.24, 2.45) is 16.3 Å². The van der Waals surface area contributed by atoms with Gasteiger partial charge < -0.3 is 21.0 Å². The average molecular weight is 293 g/mol. The number of amidine groups is 1. The highest BCUT2D eigenvalue weighted by Crippen LogP contribution is 2.36. The molecule has 8 heteroatoms. The molecule has 0 saturated heterocycles. The van der Waals surface area contributed by atoms with Crippen molar-refractivity contribution in [3.8, 4) is 0 Å². The first-order valence-corrected chi connectivity index (χ1v) is 6.65. The molecule has 4 N–H and O–H groups in total. The highest BCUT2D eigenvalue weighted by Gasteiger charge is 2.43. The van der Waals surface area contributed by atoms with Gasteiger partial charge in [-0.25, -0.2) is 8.78 Å². The Balaban J connectivity index is 2.48. The zero-order valence-electron chi connectivity index (χ0n) is 11.3. The van der Waals surface area contributed by atoms with Crippen LogP contribution < -0.4 is 11.1 Å². The van der Waals surface area contributed by atoms with E-state index in [1.54, 1.807) is 0 Å². The van der Waals surface area contributed by atoms with Gasteiger partial charge in [0.15, 0.2) is 5.84 Å². The summed E-state index contributed by atoms with van der Waals surface area (Å²) in [4.78, 5) is 12.2. The molecule has 20 heavy (non-hydrogen) atoms. The first-order chi connectivity index (χ1) is 9.53. The lowest BCUT2D eigenvalue weighted by molar-refractivity contribution is -0.129. The molecular formula is C12H21F2N3O3. The molecule has 0 heterocycles. The van der Waals surface area contributed by atoms with Crippen LogP contribution in [-0.2, 0) is 9.53 Å². The molecule has 0 aromatic carbocycles. The Morgan fingerprint density at radius 1 is 1.40 bits per heavy atom. The lowest BCUT2D eigenvalue weighted by Crippen LogP contribution is -2.51. The number of nitrogens with zero attached hydrogens (tertiary/aromatic N) is 1. The molecule has 0 aliphatic heterocycles. The fourth-order valence-corrected chi connectivity index (χ4v) is 2.43. The van der Waals surface area contributed by atoms with E-state index in [4.69, 9.17) is 10.9 Å². The quantitative estimate of drug-likeness (QED) is 0.215. The van der Waals surface area contributed by atoms with Crippen LogP contribution in [0.3, 0.4) is 0 Å². The Bertz CT molecular complexity index is 345. The molecular weight excluding hydrogens is 272 g/mol. The summed E-state index contributed by atoms with van der Waals surface area (Å²) < 4.78 is 28.4. The van der Waals surface area contributed by atoms with Gasteiger partial charge in [0.25, 0.3) is 6.43 Å². The number of carbonyl (C=O) groups is 1. The molecule has 1 aliphatic carbocycles. The maximum atomic E-state index is 12.2. The van der Waals surface area contributed by atoms with Gasteiger partial charge in [-0.15, -0.1) is 0 Å². The SMILES string of the molecule is NC(=NO)C1(C(=O)NCCOCC(F)F)CCCCC1. The number of nitrogens with two attached hydrogens (primary N) is 1. The molecule has 6 nitrogen and oxygen atoms in total. The van der Waals surface area contributed by atoms with Gasteiger partial charge in [0, 0.05) is 6.54 Å². The molecule has 0 spiro atoms. The second-order valence-corrected chi connectivity index (χ2v) is 4.85. The predicted octanol–water partition coefficient (Wildman–Crippen LogP) is 1.08. The molecule has 0 atom stereocenters. The number of halogens is 2. The van der Waals surface area contributed by atoms with E-state index in [1.807, 2.05) is 0 Å². The summed E-state index contributed by atoms with van der Waals surface area (Å²) in [5.74, 6) is -0.434. The van der Waals surface area contributed by atoms with E-state index in [2.05, 4.69) is 15.2 Å². The second kappa shape index (κ2) is 7.98. The number of oxime groups is 1. The Morgan fingerprint density at radius 2 is 2.05 bits per heavy atom. The summed E-state index contributed by atoms with van der Waals surface area (Å²) in [6.07, 6.45) is 1.18. The lowest BCUT2D eigenvalue weighted by Gasteiger charge is -2.34. The van der Waals surface area contributed by atoms with Gasteiger partial charge in [0.05, 0.1) is 6.61 Å². The molecule has 1 saturated carbocycles. The number of ether oxygens (including phenoxy) is 1. The molecule has 1 amide bonds. The Labute approximate surface area is 116 Å². The zero-order valence-corrected chi connectivity index (χ0v) is 11.3. The van der Waals surface area contributed by atoms with E-state index in [1.165, 1.54) is 0 Å². The van der Waals surface area contributed by atoms with Gasteiger partial charge in [-0.1, -0.05) is 24.4 Å². The number of amides is 1. The van der Waals surface area contributed by atoms with Crippen molar-refractivity contribution in [2.75, 3.05) is 19.8 Å². The van der Waals surface area contributed by atoms with E-state index < -0.39 is 18.4 Å². The molecule has 1 aliphatic rings. The number of nitrogens with one attached hydrogen (secondary N) is 1. The fraction of sp³-hybridized carbons (Fsp3) is 0.833. The molecule has 0 aromatic rings. The molecule has 116 valence electrons. The van der Waals surface area contributed by atoms with Gasteiger partial charge in [0.1, 0.15) is 12.0 Å². The third-order valence-electron chi connectivity index (χ3n) is 3.52. The minimum absolute atomic E-state index is 0.00231. The van der Waals surface area contributed by atoms with Gasteiger partial charge >= 0.3 is 0 Å². The number of carbonyl (C=O) groups excluding carboxylic acids is 1. The van der Waals surface area contributed by atoms with Crippen LogP contribution in [0, 0.1) is 5.41 Å². The van der Waals surface area contributed by atoms with Crippen LogP contribution >= 0.6 is 0 Å². The maximum absolute atomic E-state index is 12.2. The second-order valence-electron chi connectivity index (χ2n) is 4.85. The summed E-state index contributed by atoms with van der Waals surface area (Å²) in [7, 11) is 0. The van der Waals surface area contributed by atoms with Crippen LogP contribution in [0.5, 0.6) is 0 Å². The summed E-state index contributed by atoms with van der Waals surface area (Å²) in [5, 5.41) is 14.4. The molecule has 0 unspecified atom stereocenters. The van der Waals surface area contributed by atoms with Crippen molar-refractivity contribution in [1.82, 2.24) is 5.32 Å². The monoisotopic (exact) mass is 293 g/mol. The van der Waals surface area contributed by atoms with E-state index >= 15 is 0 Å². The van der Waals surface area contributed by atoms with E-state index in [0.29, 0.717) is 12.8 Å². The Morgan fingerprint density at radius 3 is 2.60 bits per heavy atom. The number of hydrogen-bond acceptors (Lipinski definition) is 4. The number of rotatable bonds is 7. The third kappa shape index (κ3) is 4.29. The van der Waals surface area contributed by atoms with Gasteiger partial charge in [-0.3, -0.25) is 4.79 Å². The lowest BCUT2D eigenvalue weighted by atomic mass is 9.72. The predicted molar refractivity (Wildman–Crippen MR) is 68.8 cm³/mol. The van der Waals surface area contributed by atoms with Gasteiger partial charge in [-0.2, -0.15) is 0 Å².